The zero-order chi connectivity index (χ0) is 15.8. The Labute approximate surface area is 139 Å². The lowest BCUT2D eigenvalue weighted by Crippen LogP contribution is -2.07. The van der Waals surface area contributed by atoms with Crippen molar-refractivity contribution in [1.82, 2.24) is 9.97 Å². The monoisotopic (exact) mass is 322 g/mol. The number of aromatic nitrogens is 2. The van der Waals surface area contributed by atoms with E-state index in [1.54, 1.807) is 6.26 Å². The molecule has 2 unspecified atom stereocenters. The summed E-state index contributed by atoms with van der Waals surface area (Å²) in [5, 5.41) is 1.07. The number of halogens is 1. The van der Waals surface area contributed by atoms with Gasteiger partial charge in [-0.05, 0) is 35.2 Å². The van der Waals surface area contributed by atoms with Crippen molar-refractivity contribution in [1.29, 1.82) is 0 Å². The fourth-order valence-electron chi connectivity index (χ4n) is 3.08. The minimum atomic E-state index is 0.196. The van der Waals surface area contributed by atoms with Crippen molar-refractivity contribution in [3.8, 4) is 11.3 Å². The van der Waals surface area contributed by atoms with Crippen molar-refractivity contribution in [2.75, 3.05) is 0 Å². The molecule has 0 fully saturated rings. The molecule has 2 heterocycles. The largest absolute Gasteiger partial charge is 0.446 e. The van der Waals surface area contributed by atoms with Crippen LogP contribution in [0, 0.1) is 5.92 Å². The molecule has 3 aromatic rings. The van der Waals surface area contributed by atoms with Gasteiger partial charge < -0.3 is 4.42 Å². The van der Waals surface area contributed by atoms with Crippen LogP contribution in [0.3, 0.4) is 0 Å². The maximum Gasteiger partial charge on any atom is 0.230 e. The van der Waals surface area contributed by atoms with Crippen molar-refractivity contribution in [2.45, 2.75) is 12.8 Å². The van der Waals surface area contributed by atoms with E-state index in [2.05, 4.69) is 59.4 Å². The number of furan rings is 1. The second kappa shape index (κ2) is 5.67. The minimum Gasteiger partial charge on any atom is -0.446 e. The zero-order valence-corrected chi connectivity index (χ0v) is 13.4. The highest BCUT2D eigenvalue weighted by atomic mass is 35.5. The SMILES string of the molecule is CC1C=CC=CC1c1cccc(-c2nc(Cl)nc3occc23)c1. The summed E-state index contributed by atoms with van der Waals surface area (Å²) in [6.45, 7) is 2.23. The number of nitrogens with zero attached hydrogens (tertiary/aromatic N) is 2. The van der Waals surface area contributed by atoms with Gasteiger partial charge in [-0.1, -0.05) is 49.4 Å². The first-order valence-corrected chi connectivity index (χ1v) is 7.96. The molecule has 4 heteroatoms. The first kappa shape index (κ1) is 14.2. The second-order valence-electron chi connectivity index (χ2n) is 5.76. The van der Waals surface area contributed by atoms with Crippen LogP contribution >= 0.6 is 11.6 Å². The molecule has 1 aliphatic rings. The Morgan fingerprint density at radius 3 is 2.83 bits per heavy atom. The topological polar surface area (TPSA) is 38.9 Å². The van der Waals surface area contributed by atoms with E-state index >= 15 is 0 Å². The van der Waals surface area contributed by atoms with Crippen LogP contribution in [0.15, 0.2) is 65.3 Å². The van der Waals surface area contributed by atoms with E-state index < -0.39 is 0 Å². The molecule has 2 aromatic heterocycles. The fourth-order valence-corrected chi connectivity index (χ4v) is 3.24. The van der Waals surface area contributed by atoms with Crippen molar-refractivity contribution in [3.05, 3.63) is 71.7 Å². The third kappa shape index (κ3) is 2.57. The molecule has 0 N–H and O–H groups in total. The number of allylic oxidation sites excluding steroid dienone is 4. The predicted octanol–water partition coefficient (Wildman–Crippen LogP) is 5.39. The summed E-state index contributed by atoms with van der Waals surface area (Å²) in [6, 6.07) is 10.3. The molecule has 3 nitrogen and oxygen atoms in total. The van der Waals surface area contributed by atoms with Gasteiger partial charge in [-0.3, -0.25) is 0 Å². The van der Waals surface area contributed by atoms with E-state index in [-0.39, 0.29) is 5.28 Å². The van der Waals surface area contributed by atoms with Crippen molar-refractivity contribution in [3.63, 3.8) is 0 Å². The second-order valence-corrected chi connectivity index (χ2v) is 6.10. The summed E-state index contributed by atoms with van der Waals surface area (Å²) in [5.74, 6) is 0.843. The smallest absolute Gasteiger partial charge is 0.230 e. The quantitative estimate of drug-likeness (QED) is 0.594. The highest BCUT2D eigenvalue weighted by Gasteiger charge is 2.18. The van der Waals surface area contributed by atoms with Gasteiger partial charge in [0.25, 0.3) is 0 Å². The third-order valence-electron chi connectivity index (χ3n) is 4.25. The summed E-state index contributed by atoms with van der Waals surface area (Å²) in [5.41, 5.74) is 3.60. The van der Waals surface area contributed by atoms with Crippen LogP contribution in [-0.2, 0) is 0 Å². The lowest BCUT2D eigenvalue weighted by atomic mass is 9.83. The van der Waals surface area contributed by atoms with Gasteiger partial charge in [0.05, 0.1) is 17.3 Å². The van der Waals surface area contributed by atoms with Gasteiger partial charge in [-0.2, -0.15) is 4.98 Å². The highest BCUT2D eigenvalue weighted by Crippen LogP contribution is 2.34. The fraction of sp³-hybridized carbons (Fsp3) is 0.158. The Kier molecular flexibility index (Phi) is 3.50. The molecule has 0 saturated heterocycles. The van der Waals surface area contributed by atoms with Crippen LogP contribution in [-0.4, -0.2) is 9.97 Å². The van der Waals surface area contributed by atoms with Gasteiger partial charge in [0, 0.05) is 11.5 Å². The average Bonchev–Trinajstić information content (AvgIpc) is 3.03. The molecule has 0 spiro atoms. The lowest BCUT2D eigenvalue weighted by Gasteiger charge is -2.21. The number of fused-ring (bicyclic) bond motifs is 1. The molecule has 114 valence electrons. The molecule has 1 aromatic carbocycles. The minimum absolute atomic E-state index is 0.196. The number of hydrogen-bond acceptors (Lipinski definition) is 3. The Morgan fingerprint density at radius 1 is 1.09 bits per heavy atom. The maximum atomic E-state index is 6.04. The maximum absolute atomic E-state index is 6.04. The van der Waals surface area contributed by atoms with Gasteiger partial charge in [-0.15, -0.1) is 0 Å². The predicted molar refractivity (Wildman–Crippen MR) is 92.4 cm³/mol. The molecule has 23 heavy (non-hydrogen) atoms. The van der Waals surface area contributed by atoms with Crippen molar-refractivity contribution < 1.29 is 4.42 Å². The van der Waals surface area contributed by atoms with E-state index in [4.69, 9.17) is 16.0 Å². The van der Waals surface area contributed by atoms with Gasteiger partial charge in [0.1, 0.15) is 0 Å². The van der Waals surface area contributed by atoms with Gasteiger partial charge in [0.15, 0.2) is 0 Å². The zero-order valence-electron chi connectivity index (χ0n) is 12.6. The van der Waals surface area contributed by atoms with Crippen LogP contribution in [0.1, 0.15) is 18.4 Å². The van der Waals surface area contributed by atoms with Gasteiger partial charge in [-0.25, -0.2) is 4.98 Å². The number of rotatable bonds is 2. The lowest BCUT2D eigenvalue weighted by molar-refractivity contribution is 0.602. The highest BCUT2D eigenvalue weighted by molar-refractivity contribution is 6.28. The number of hydrogen-bond donors (Lipinski definition) is 0. The molecule has 0 aliphatic heterocycles. The summed E-state index contributed by atoms with van der Waals surface area (Å²) >= 11 is 6.04. The van der Waals surface area contributed by atoms with Crippen molar-refractivity contribution in [2.24, 2.45) is 5.92 Å². The van der Waals surface area contributed by atoms with Crippen LogP contribution in [0.5, 0.6) is 0 Å². The molecular formula is C19H15ClN2O. The van der Waals surface area contributed by atoms with Crippen LogP contribution < -0.4 is 0 Å². The summed E-state index contributed by atoms with van der Waals surface area (Å²) < 4.78 is 5.37. The third-order valence-corrected chi connectivity index (χ3v) is 4.42. The normalized spacial score (nSPS) is 20.3. The molecule has 4 rings (SSSR count). The summed E-state index contributed by atoms with van der Waals surface area (Å²) in [7, 11) is 0. The van der Waals surface area contributed by atoms with Crippen LogP contribution in [0.4, 0.5) is 0 Å². The summed E-state index contributed by atoms with van der Waals surface area (Å²) in [6.07, 6.45) is 10.3. The van der Waals surface area contributed by atoms with Gasteiger partial charge in [0.2, 0.25) is 11.0 Å². The number of benzene rings is 1. The van der Waals surface area contributed by atoms with Gasteiger partial charge >= 0.3 is 0 Å². The first-order valence-electron chi connectivity index (χ1n) is 7.58. The van der Waals surface area contributed by atoms with Crippen LogP contribution in [0.2, 0.25) is 5.28 Å². The van der Waals surface area contributed by atoms with E-state index in [1.165, 1.54) is 5.56 Å². The standard InChI is InChI=1S/C19H15ClN2O/c1-12-5-2-3-8-15(12)13-6-4-7-14(11-13)17-16-9-10-23-18(16)22-19(20)21-17/h2-12,15H,1H3. The first-order chi connectivity index (χ1) is 11.2. The molecule has 0 bridgehead atoms. The molecular weight excluding hydrogens is 308 g/mol. The van der Waals surface area contributed by atoms with E-state index in [9.17, 15) is 0 Å². The van der Waals surface area contributed by atoms with E-state index in [1.807, 2.05) is 12.1 Å². The molecule has 2 atom stereocenters. The Morgan fingerprint density at radius 2 is 1.96 bits per heavy atom. The summed E-state index contributed by atoms with van der Waals surface area (Å²) in [4.78, 5) is 8.52. The van der Waals surface area contributed by atoms with Crippen molar-refractivity contribution >= 4 is 22.7 Å². The Hall–Kier alpha value is -2.39. The molecule has 0 radical (unpaired) electrons. The average molecular weight is 323 g/mol. The Balaban J connectivity index is 1.83. The molecule has 0 saturated carbocycles. The molecule has 0 amide bonds. The Bertz CT molecular complexity index is 926. The molecule has 1 aliphatic carbocycles. The van der Waals surface area contributed by atoms with E-state index in [0.29, 0.717) is 17.5 Å². The van der Waals surface area contributed by atoms with Crippen LogP contribution in [0.25, 0.3) is 22.4 Å². The van der Waals surface area contributed by atoms with E-state index in [0.717, 1.165) is 16.6 Å².